The average molecular weight is 236 g/mol. The maximum absolute atomic E-state index is 12.8. The van der Waals surface area contributed by atoms with Crippen LogP contribution in [0, 0.1) is 0 Å². The summed E-state index contributed by atoms with van der Waals surface area (Å²) in [6.07, 6.45) is 2.28. The molecule has 0 radical (unpaired) electrons. The first-order valence-electron chi connectivity index (χ1n) is 6.33. The number of hydrogen-bond acceptors (Lipinski definition) is 2. The molecule has 2 nitrogen and oxygen atoms in total. The van der Waals surface area contributed by atoms with Crippen molar-refractivity contribution in [2.45, 2.75) is 52.0 Å². The molecule has 1 aliphatic rings. The van der Waals surface area contributed by atoms with E-state index >= 15 is 0 Å². The maximum Gasteiger partial charge on any atom is 0.261 e. The number of halogens is 2. The lowest BCUT2D eigenvalue weighted by Gasteiger charge is -2.20. The Morgan fingerprint density at radius 1 is 1.38 bits per heavy atom. The average Bonchev–Trinajstić information content (AvgIpc) is 2.58. The molecule has 4 heteroatoms. The first kappa shape index (κ1) is 15.8. The minimum atomic E-state index is -2.49. The van der Waals surface area contributed by atoms with Gasteiger partial charge in [-0.15, -0.1) is 0 Å². The molecule has 0 saturated carbocycles. The SMILES string of the molecule is CC.CCCCN(C)CC1CC(F)(F)CN1. The standard InChI is InChI=1S/C10H20F2N2.C2H6/c1-3-4-5-14(2)7-9-6-10(11,12)8-13-9;1-2/h9,13H,3-8H2,1-2H3;1-2H3. The highest BCUT2D eigenvalue weighted by molar-refractivity contribution is 4.88. The Bertz CT molecular complexity index is 174. The van der Waals surface area contributed by atoms with Crippen LogP contribution in [0.2, 0.25) is 0 Å². The van der Waals surface area contributed by atoms with Crippen molar-refractivity contribution in [2.24, 2.45) is 0 Å². The van der Waals surface area contributed by atoms with Crippen molar-refractivity contribution in [2.75, 3.05) is 26.7 Å². The largest absolute Gasteiger partial charge is 0.307 e. The fourth-order valence-corrected chi connectivity index (χ4v) is 1.82. The van der Waals surface area contributed by atoms with Gasteiger partial charge in [-0.3, -0.25) is 0 Å². The zero-order valence-corrected chi connectivity index (χ0v) is 11.0. The molecule has 1 saturated heterocycles. The van der Waals surface area contributed by atoms with Gasteiger partial charge in [-0.25, -0.2) is 8.78 Å². The fraction of sp³-hybridized carbons (Fsp3) is 1.00. The Hall–Kier alpha value is -0.220. The molecular formula is C12H26F2N2. The van der Waals surface area contributed by atoms with Crippen LogP contribution in [-0.4, -0.2) is 43.5 Å². The monoisotopic (exact) mass is 236 g/mol. The van der Waals surface area contributed by atoms with Crippen LogP contribution in [0.3, 0.4) is 0 Å². The van der Waals surface area contributed by atoms with E-state index in [2.05, 4.69) is 17.1 Å². The Balaban J connectivity index is 0.00000106. The van der Waals surface area contributed by atoms with Crippen LogP contribution in [0.1, 0.15) is 40.0 Å². The summed E-state index contributed by atoms with van der Waals surface area (Å²) in [7, 11) is 1.99. The molecule has 0 aromatic heterocycles. The van der Waals surface area contributed by atoms with Crippen LogP contribution in [0.15, 0.2) is 0 Å². The summed E-state index contributed by atoms with van der Waals surface area (Å²) in [6, 6.07) is -0.0353. The molecule has 0 spiro atoms. The van der Waals surface area contributed by atoms with Crippen LogP contribution in [0.25, 0.3) is 0 Å². The third-order valence-electron chi connectivity index (χ3n) is 2.62. The number of nitrogens with one attached hydrogen (secondary N) is 1. The second-order valence-electron chi connectivity index (χ2n) is 4.25. The highest BCUT2D eigenvalue weighted by Gasteiger charge is 2.39. The second kappa shape index (κ2) is 7.96. The van der Waals surface area contributed by atoms with E-state index in [0.29, 0.717) is 0 Å². The van der Waals surface area contributed by atoms with Crippen molar-refractivity contribution >= 4 is 0 Å². The summed E-state index contributed by atoms with van der Waals surface area (Å²) in [5.74, 6) is -2.49. The van der Waals surface area contributed by atoms with Gasteiger partial charge in [-0.1, -0.05) is 27.2 Å². The molecule has 0 aromatic rings. The minimum Gasteiger partial charge on any atom is -0.307 e. The number of nitrogens with zero attached hydrogens (tertiary/aromatic N) is 1. The summed E-state index contributed by atoms with van der Waals surface area (Å²) >= 11 is 0. The number of hydrogen-bond donors (Lipinski definition) is 1. The van der Waals surface area contributed by atoms with E-state index in [0.717, 1.165) is 25.9 Å². The van der Waals surface area contributed by atoms with E-state index in [4.69, 9.17) is 0 Å². The minimum absolute atomic E-state index is 0.0105. The topological polar surface area (TPSA) is 15.3 Å². The molecule has 1 atom stereocenters. The number of unbranched alkanes of at least 4 members (excludes halogenated alkanes) is 1. The van der Waals surface area contributed by atoms with Gasteiger partial charge in [-0.05, 0) is 20.0 Å². The van der Waals surface area contributed by atoms with Gasteiger partial charge in [0.2, 0.25) is 0 Å². The first-order chi connectivity index (χ1) is 7.53. The van der Waals surface area contributed by atoms with Gasteiger partial charge in [0.25, 0.3) is 5.92 Å². The van der Waals surface area contributed by atoms with Crippen LogP contribution in [0.4, 0.5) is 8.78 Å². The van der Waals surface area contributed by atoms with E-state index in [1.54, 1.807) is 0 Å². The second-order valence-corrected chi connectivity index (χ2v) is 4.25. The van der Waals surface area contributed by atoms with Crippen molar-refractivity contribution in [1.82, 2.24) is 10.2 Å². The maximum atomic E-state index is 12.8. The van der Waals surface area contributed by atoms with E-state index in [-0.39, 0.29) is 19.0 Å². The van der Waals surface area contributed by atoms with Gasteiger partial charge < -0.3 is 10.2 Å². The predicted octanol–water partition coefficient (Wildman–Crippen LogP) is 2.74. The molecule has 1 unspecified atom stereocenters. The van der Waals surface area contributed by atoms with Crippen LogP contribution in [0.5, 0.6) is 0 Å². The van der Waals surface area contributed by atoms with Crippen molar-refractivity contribution in [3.63, 3.8) is 0 Å². The van der Waals surface area contributed by atoms with Crippen LogP contribution < -0.4 is 5.32 Å². The van der Waals surface area contributed by atoms with Crippen LogP contribution >= 0.6 is 0 Å². The highest BCUT2D eigenvalue weighted by atomic mass is 19.3. The quantitative estimate of drug-likeness (QED) is 0.789. The van der Waals surface area contributed by atoms with Gasteiger partial charge in [0.05, 0.1) is 6.54 Å². The van der Waals surface area contributed by atoms with Gasteiger partial charge in [0.1, 0.15) is 0 Å². The molecule has 16 heavy (non-hydrogen) atoms. The molecule has 98 valence electrons. The predicted molar refractivity (Wildman–Crippen MR) is 65.1 cm³/mol. The van der Waals surface area contributed by atoms with E-state index in [1.165, 1.54) is 0 Å². The molecule has 1 N–H and O–H groups in total. The third kappa shape index (κ3) is 6.38. The van der Waals surface area contributed by atoms with Crippen LogP contribution in [-0.2, 0) is 0 Å². The van der Waals surface area contributed by atoms with E-state index in [1.807, 2.05) is 20.9 Å². The van der Waals surface area contributed by atoms with Crippen molar-refractivity contribution in [3.05, 3.63) is 0 Å². The number of rotatable bonds is 5. The summed E-state index contributed by atoms with van der Waals surface area (Å²) in [5.41, 5.74) is 0. The molecule has 0 bridgehead atoms. The smallest absolute Gasteiger partial charge is 0.261 e. The Labute approximate surface area is 98.4 Å². The van der Waals surface area contributed by atoms with Gasteiger partial charge in [0.15, 0.2) is 0 Å². The summed E-state index contributed by atoms with van der Waals surface area (Å²) in [5, 5.41) is 2.86. The first-order valence-corrected chi connectivity index (χ1v) is 6.33. The molecule has 0 aromatic carbocycles. The van der Waals surface area contributed by atoms with E-state index in [9.17, 15) is 8.78 Å². The Kier molecular flexibility index (Phi) is 7.85. The molecule has 1 rings (SSSR count). The molecule has 0 amide bonds. The lowest BCUT2D eigenvalue weighted by Crippen LogP contribution is -2.35. The lowest BCUT2D eigenvalue weighted by molar-refractivity contribution is 0.0202. The Morgan fingerprint density at radius 3 is 2.44 bits per heavy atom. The summed E-state index contributed by atoms with van der Waals surface area (Å²) < 4.78 is 25.6. The van der Waals surface area contributed by atoms with Gasteiger partial charge in [-0.2, -0.15) is 0 Å². The van der Waals surface area contributed by atoms with Crippen molar-refractivity contribution < 1.29 is 8.78 Å². The van der Waals surface area contributed by atoms with Gasteiger partial charge >= 0.3 is 0 Å². The van der Waals surface area contributed by atoms with Gasteiger partial charge in [0, 0.05) is 19.0 Å². The Morgan fingerprint density at radius 2 is 2.00 bits per heavy atom. The molecule has 0 aliphatic carbocycles. The molecule has 1 fully saturated rings. The van der Waals surface area contributed by atoms with Crippen molar-refractivity contribution in [1.29, 1.82) is 0 Å². The van der Waals surface area contributed by atoms with E-state index < -0.39 is 5.92 Å². The van der Waals surface area contributed by atoms with Crippen molar-refractivity contribution in [3.8, 4) is 0 Å². The third-order valence-corrected chi connectivity index (χ3v) is 2.62. The molecule has 1 aliphatic heterocycles. The number of alkyl halides is 2. The summed E-state index contributed by atoms with van der Waals surface area (Å²) in [4.78, 5) is 2.13. The lowest BCUT2D eigenvalue weighted by atomic mass is 10.2. The summed E-state index contributed by atoms with van der Waals surface area (Å²) in [6.45, 7) is 7.71. The highest BCUT2D eigenvalue weighted by Crippen LogP contribution is 2.25. The zero-order valence-electron chi connectivity index (χ0n) is 11.0. The number of likely N-dealkylation sites (N-methyl/N-ethyl adjacent to an activating group) is 1. The normalized spacial score (nSPS) is 23.1. The molecular weight excluding hydrogens is 210 g/mol. The fourth-order valence-electron chi connectivity index (χ4n) is 1.82. The zero-order chi connectivity index (χ0) is 12.6. The molecule has 1 heterocycles.